The van der Waals surface area contributed by atoms with Gasteiger partial charge < -0.3 is 0 Å². The summed E-state index contributed by atoms with van der Waals surface area (Å²) in [5.41, 5.74) is -0.106. The summed E-state index contributed by atoms with van der Waals surface area (Å²) in [7, 11) is 0. The highest BCUT2D eigenvalue weighted by molar-refractivity contribution is 14.1. The van der Waals surface area contributed by atoms with E-state index in [1.165, 1.54) is 12.1 Å². The number of hydrogen-bond donors (Lipinski definition) is 0. The monoisotopic (exact) mass is 344 g/mol. The van der Waals surface area contributed by atoms with Crippen LogP contribution in [0.25, 0.3) is 0 Å². The highest BCUT2D eigenvalue weighted by Crippen LogP contribution is 2.27. The van der Waals surface area contributed by atoms with Gasteiger partial charge in [-0.15, -0.1) is 11.6 Å². The van der Waals surface area contributed by atoms with Crippen molar-refractivity contribution < 1.29 is 13.6 Å². The van der Waals surface area contributed by atoms with Crippen molar-refractivity contribution in [3.05, 3.63) is 32.9 Å². The molecule has 0 N–H and O–H groups in total. The molecular formula is C10H8ClF2IO. The van der Waals surface area contributed by atoms with Crippen LogP contribution < -0.4 is 0 Å². The third-order valence-electron chi connectivity index (χ3n) is 1.88. The summed E-state index contributed by atoms with van der Waals surface area (Å²) in [5.74, 6) is -0.183. The smallest absolute Gasteiger partial charge is 0.264 e. The van der Waals surface area contributed by atoms with Crippen molar-refractivity contribution in [2.45, 2.75) is 12.8 Å². The molecular weight excluding hydrogens is 336 g/mol. The largest absolute Gasteiger partial charge is 0.294 e. The van der Waals surface area contributed by atoms with E-state index in [1.54, 1.807) is 6.07 Å². The number of ketones is 1. The van der Waals surface area contributed by atoms with Gasteiger partial charge in [0.2, 0.25) is 0 Å². The van der Waals surface area contributed by atoms with Gasteiger partial charge in [0.15, 0.2) is 5.78 Å². The van der Waals surface area contributed by atoms with Crippen molar-refractivity contribution in [3.63, 3.8) is 0 Å². The van der Waals surface area contributed by atoms with E-state index >= 15 is 0 Å². The molecule has 0 unspecified atom stereocenters. The summed E-state index contributed by atoms with van der Waals surface area (Å²) >= 11 is 7.30. The molecule has 0 spiro atoms. The maximum atomic E-state index is 12.6. The SMILES string of the molecule is O=C(CCCl)c1c(I)cccc1C(F)F. The van der Waals surface area contributed by atoms with E-state index in [0.29, 0.717) is 3.57 Å². The van der Waals surface area contributed by atoms with Crippen LogP contribution in [0.4, 0.5) is 8.78 Å². The van der Waals surface area contributed by atoms with Crippen molar-refractivity contribution in [2.75, 3.05) is 5.88 Å². The molecule has 1 rings (SSSR count). The number of halogens is 4. The molecule has 0 aromatic heterocycles. The van der Waals surface area contributed by atoms with Gasteiger partial charge in [0.1, 0.15) is 0 Å². The zero-order valence-corrected chi connectivity index (χ0v) is 10.6. The maximum absolute atomic E-state index is 12.6. The van der Waals surface area contributed by atoms with Gasteiger partial charge in [-0.25, -0.2) is 8.78 Å². The molecule has 1 nitrogen and oxygen atoms in total. The number of benzene rings is 1. The van der Waals surface area contributed by atoms with Gasteiger partial charge >= 0.3 is 0 Å². The molecule has 1 aromatic carbocycles. The lowest BCUT2D eigenvalue weighted by atomic mass is 10.0. The van der Waals surface area contributed by atoms with Crippen LogP contribution in [0.1, 0.15) is 28.8 Å². The Labute approximate surface area is 105 Å². The Morgan fingerprint density at radius 1 is 1.47 bits per heavy atom. The van der Waals surface area contributed by atoms with Crippen LogP contribution >= 0.6 is 34.2 Å². The van der Waals surface area contributed by atoms with E-state index in [4.69, 9.17) is 11.6 Å². The summed E-state index contributed by atoms with van der Waals surface area (Å²) in [6, 6.07) is 4.42. The summed E-state index contributed by atoms with van der Waals surface area (Å²) in [6.07, 6.45) is -2.55. The molecule has 0 fully saturated rings. The molecule has 0 bridgehead atoms. The molecule has 0 amide bonds. The van der Waals surface area contributed by atoms with E-state index in [2.05, 4.69) is 0 Å². The average Bonchev–Trinajstić information content (AvgIpc) is 2.17. The fraction of sp³-hybridized carbons (Fsp3) is 0.300. The van der Waals surface area contributed by atoms with Gasteiger partial charge in [0.05, 0.1) is 0 Å². The van der Waals surface area contributed by atoms with Crippen LogP contribution in [-0.4, -0.2) is 11.7 Å². The molecule has 0 heterocycles. The van der Waals surface area contributed by atoms with Crippen LogP contribution in [0.2, 0.25) is 0 Å². The highest BCUT2D eigenvalue weighted by Gasteiger charge is 2.20. The molecule has 1 aromatic rings. The minimum atomic E-state index is -2.63. The molecule has 0 saturated carbocycles. The quantitative estimate of drug-likeness (QED) is 0.458. The normalized spacial score (nSPS) is 10.7. The fourth-order valence-corrected chi connectivity index (χ4v) is 2.22. The number of rotatable bonds is 4. The Morgan fingerprint density at radius 2 is 2.13 bits per heavy atom. The first-order chi connectivity index (χ1) is 7.07. The number of hydrogen-bond acceptors (Lipinski definition) is 1. The van der Waals surface area contributed by atoms with E-state index in [0.717, 1.165) is 0 Å². The minimum absolute atomic E-state index is 0.0846. The highest BCUT2D eigenvalue weighted by atomic mass is 127. The van der Waals surface area contributed by atoms with Gasteiger partial charge in [-0.2, -0.15) is 0 Å². The third-order valence-corrected chi connectivity index (χ3v) is 2.97. The molecule has 0 atom stereocenters. The lowest BCUT2D eigenvalue weighted by Gasteiger charge is -2.09. The minimum Gasteiger partial charge on any atom is -0.294 e. The van der Waals surface area contributed by atoms with Crippen LogP contribution in [0.3, 0.4) is 0 Å². The third kappa shape index (κ3) is 3.11. The molecule has 0 aliphatic rings. The zero-order valence-electron chi connectivity index (χ0n) is 7.64. The maximum Gasteiger partial charge on any atom is 0.264 e. The van der Waals surface area contributed by atoms with E-state index in [9.17, 15) is 13.6 Å². The summed E-state index contributed by atoms with van der Waals surface area (Å²) in [5, 5.41) is 0. The average molecular weight is 345 g/mol. The predicted octanol–water partition coefficient (Wildman–Crippen LogP) is 4.04. The van der Waals surface area contributed by atoms with Crippen molar-refractivity contribution in [1.29, 1.82) is 0 Å². The van der Waals surface area contributed by atoms with Crippen molar-refractivity contribution in [1.82, 2.24) is 0 Å². The van der Waals surface area contributed by atoms with Crippen molar-refractivity contribution >= 4 is 40.0 Å². The second-order valence-electron chi connectivity index (χ2n) is 2.87. The molecule has 0 radical (unpaired) electrons. The molecule has 82 valence electrons. The summed E-state index contributed by atoms with van der Waals surface area (Å²) < 4.78 is 25.8. The van der Waals surface area contributed by atoms with Gasteiger partial charge in [-0.1, -0.05) is 12.1 Å². The Morgan fingerprint density at radius 3 is 2.67 bits per heavy atom. The van der Waals surface area contributed by atoms with E-state index in [1.807, 2.05) is 22.6 Å². The van der Waals surface area contributed by atoms with Crippen LogP contribution in [0, 0.1) is 3.57 Å². The fourth-order valence-electron chi connectivity index (χ4n) is 1.23. The van der Waals surface area contributed by atoms with Crippen molar-refractivity contribution in [3.8, 4) is 0 Å². The van der Waals surface area contributed by atoms with Crippen LogP contribution in [0.5, 0.6) is 0 Å². The lowest BCUT2D eigenvalue weighted by Crippen LogP contribution is -2.07. The summed E-state index contributed by atoms with van der Waals surface area (Å²) in [4.78, 5) is 11.6. The Hall–Kier alpha value is -0.230. The Bertz CT molecular complexity index is 368. The molecule has 5 heteroatoms. The molecule has 0 saturated heterocycles. The van der Waals surface area contributed by atoms with Crippen LogP contribution in [0.15, 0.2) is 18.2 Å². The second-order valence-corrected chi connectivity index (χ2v) is 4.41. The van der Waals surface area contributed by atoms with Crippen LogP contribution in [-0.2, 0) is 0 Å². The first kappa shape index (κ1) is 12.8. The standard InChI is InChI=1S/C10H8ClF2IO/c11-5-4-8(15)9-6(10(12)13)2-1-3-7(9)14/h1-3,10H,4-5H2. The number of alkyl halides is 3. The first-order valence-corrected chi connectivity index (χ1v) is 5.85. The molecule has 15 heavy (non-hydrogen) atoms. The Balaban J connectivity index is 3.18. The Kier molecular flexibility index (Phi) is 4.92. The number of carbonyl (C=O) groups is 1. The van der Waals surface area contributed by atoms with Gasteiger partial charge in [0.25, 0.3) is 6.43 Å². The van der Waals surface area contributed by atoms with Crippen molar-refractivity contribution in [2.24, 2.45) is 0 Å². The predicted molar refractivity (Wildman–Crippen MR) is 63.8 cm³/mol. The van der Waals surface area contributed by atoms with E-state index < -0.39 is 6.43 Å². The topological polar surface area (TPSA) is 17.1 Å². The lowest BCUT2D eigenvalue weighted by molar-refractivity contribution is 0.0974. The van der Waals surface area contributed by atoms with Gasteiger partial charge in [0, 0.05) is 27.0 Å². The van der Waals surface area contributed by atoms with E-state index in [-0.39, 0.29) is 29.2 Å². The second kappa shape index (κ2) is 5.75. The first-order valence-electron chi connectivity index (χ1n) is 4.23. The zero-order chi connectivity index (χ0) is 11.4. The number of carbonyl (C=O) groups excluding carboxylic acids is 1. The molecule has 0 aliphatic heterocycles. The van der Waals surface area contributed by atoms with Gasteiger partial charge in [-0.05, 0) is 28.7 Å². The summed E-state index contributed by atoms with van der Waals surface area (Å²) in [6.45, 7) is 0. The number of Topliss-reactive ketones (excluding diaryl/α,β-unsaturated/α-hetero) is 1. The molecule has 0 aliphatic carbocycles. The van der Waals surface area contributed by atoms with Gasteiger partial charge in [-0.3, -0.25) is 4.79 Å².